The molecule has 216 valence electrons. The third-order valence-electron chi connectivity index (χ3n) is 5.78. The van der Waals surface area contributed by atoms with Gasteiger partial charge in [-0.05, 0) is 52.9 Å². The predicted molar refractivity (Wildman–Crippen MR) is 135 cm³/mol. The molecule has 0 aromatic carbocycles. The zero-order valence-corrected chi connectivity index (χ0v) is 22.5. The molecule has 0 aliphatic carbocycles. The van der Waals surface area contributed by atoms with Gasteiger partial charge in [-0.15, -0.1) is 0 Å². The molecule has 15 heteroatoms. The first kappa shape index (κ1) is 31.5. The van der Waals surface area contributed by atoms with Crippen LogP contribution in [0.4, 0.5) is 18.0 Å². The lowest BCUT2D eigenvalue weighted by Crippen LogP contribution is -2.43. The maximum absolute atomic E-state index is 12.4. The zero-order valence-electron chi connectivity index (χ0n) is 21.7. The zero-order chi connectivity index (χ0) is 28.5. The fourth-order valence-corrected chi connectivity index (χ4v) is 5.56. The van der Waals surface area contributed by atoms with Crippen molar-refractivity contribution in [3.63, 3.8) is 0 Å². The predicted octanol–water partition coefficient (Wildman–Crippen LogP) is 2.30. The first-order valence-corrected chi connectivity index (χ1v) is 13.5. The minimum absolute atomic E-state index is 0.104. The number of aliphatic carboxylic acids is 1. The number of carbonyl (C=O) groups is 4. The highest BCUT2D eigenvalue weighted by molar-refractivity contribution is 8.00. The van der Waals surface area contributed by atoms with Gasteiger partial charge in [0.1, 0.15) is 11.6 Å². The lowest BCUT2D eigenvalue weighted by Gasteiger charge is -2.22. The number of unbranched alkanes of at least 4 members (excludes halogenated alkanes) is 2. The Labute approximate surface area is 223 Å². The summed E-state index contributed by atoms with van der Waals surface area (Å²) in [5, 5.41) is 20.3. The molecule has 2 aliphatic heterocycles. The number of thioether (sulfide) groups is 1. The van der Waals surface area contributed by atoms with Gasteiger partial charge in [-0.2, -0.15) is 29.9 Å². The quantitative estimate of drug-likeness (QED) is 0.223. The molecule has 11 nitrogen and oxygen atoms in total. The molecule has 0 spiro atoms. The van der Waals surface area contributed by atoms with Crippen LogP contribution in [0, 0.1) is 0 Å². The summed E-state index contributed by atoms with van der Waals surface area (Å²) in [5.41, 5.74) is -0.736. The Hall–Kier alpha value is -2.71. The molecule has 0 bridgehead atoms. The van der Waals surface area contributed by atoms with E-state index >= 15 is 0 Å². The number of carbonyl (C=O) groups excluding carboxylic acids is 3. The van der Waals surface area contributed by atoms with Crippen LogP contribution in [0.1, 0.15) is 65.7 Å². The van der Waals surface area contributed by atoms with Crippen molar-refractivity contribution in [2.45, 2.75) is 101 Å². The van der Waals surface area contributed by atoms with Crippen LogP contribution in [0.3, 0.4) is 0 Å². The van der Waals surface area contributed by atoms with E-state index in [1.165, 1.54) is 0 Å². The molecule has 0 aromatic rings. The van der Waals surface area contributed by atoms with Crippen LogP contribution in [0.2, 0.25) is 0 Å². The summed E-state index contributed by atoms with van der Waals surface area (Å²) in [7, 11) is 0. The topological polar surface area (TPSA) is 158 Å². The number of nitrogens with zero attached hydrogens (tertiary/aromatic N) is 1. The van der Waals surface area contributed by atoms with Crippen molar-refractivity contribution in [1.29, 1.82) is 0 Å². The number of fused-ring (bicyclic) bond motifs is 1. The Morgan fingerprint density at radius 3 is 2.47 bits per heavy atom. The van der Waals surface area contributed by atoms with Crippen LogP contribution >= 0.6 is 11.8 Å². The van der Waals surface area contributed by atoms with Crippen LogP contribution in [-0.4, -0.2) is 82.4 Å². The Morgan fingerprint density at radius 1 is 1.13 bits per heavy atom. The minimum atomic E-state index is -5.01. The molecule has 0 radical (unpaired) electrons. The normalized spacial score (nSPS) is 22.7. The molecule has 4 atom stereocenters. The molecule has 2 heterocycles. The van der Waals surface area contributed by atoms with E-state index in [-0.39, 0.29) is 35.6 Å². The van der Waals surface area contributed by atoms with E-state index in [2.05, 4.69) is 26.3 Å². The number of hydrogen-bond acceptors (Lipinski definition) is 6. The smallest absolute Gasteiger partial charge is 0.473 e. The SMILES string of the molecule is CC(C)(C)OC(=O)NC(CCCCNC(=O)CCCC[C@@H]1SC[C@@H]2NC(=NC(=O)C(F)(F)F)N[C@@H]21)C(=O)O. The van der Waals surface area contributed by atoms with Gasteiger partial charge in [0, 0.05) is 24.0 Å². The highest BCUT2D eigenvalue weighted by Gasteiger charge is 2.44. The summed E-state index contributed by atoms with van der Waals surface area (Å²) in [6, 6.07) is -1.31. The molecule has 2 fully saturated rings. The summed E-state index contributed by atoms with van der Waals surface area (Å²) < 4.78 is 42.3. The van der Waals surface area contributed by atoms with Gasteiger partial charge >= 0.3 is 24.1 Å². The fraction of sp³-hybridized carbons (Fsp3) is 0.783. The summed E-state index contributed by atoms with van der Waals surface area (Å²) in [4.78, 5) is 49.4. The molecule has 5 N–H and O–H groups in total. The van der Waals surface area contributed by atoms with Crippen molar-refractivity contribution < 1.29 is 42.2 Å². The maximum atomic E-state index is 12.4. The number of alkyl carbamates (subject to hydrolysis) is 1. The highest BCUT2D eigenvalue weighted by atomic mass is 32.2. The van der Waals surface area contributed by atoms with E-state index in [1.807, 2.05) is 0 Å². The van der Waals surface area contributed by atoms with Crippen LogP contribution in [0.15, 0.2) is 4.99 Å². The number of rotatable bonds is 12. The number of ether oxygens (including phenoxy) is 1. The van der Waals surface area contributed by atoms with E-state index < -0.39 is 35.8 Å². The van der Waals surface area contributed by atoms with Crippen molar-refractivity contribution in [3.05, 3.63) is 0 Å². The van der Waals surface area contributed by atoms with Gasteiger partial charge in [0.2, 0.25) is 5.91 Å². The molecule has 38 heavy (non-hydrogen) atoms. The van der Waals surface area contributed by atoms with E-state index in [0.29, 0.717) is 38.0 Å². The molecule has 0 saturated carbocycles. The van der Waals surface area contributed by atoms with Gasteiger partial charge in [-0.3, -0.25) is 9.59 Å². The summed E-state index contributed by atoms with van der Waals surface area (Å²) >= 11 is 1.69. The number of aliphatic imine (C=N–C) groups is 1. The van der Waals surface area contributed by atoms with Crippen molar-refractivity contribution >= 4 is 41.6 Å². The van der Waals surface area contributed by atoms with E-state index in [0.717, 1.165) is 12.8 Å². The Morgan fingerprint density at radius 2 is 1.84 bits per heavy atom. The third-order valence-corrected chi connectivity index (χ3v) is 7.29. The Kier molecular flexibility index (Phi) is 11.5. The first-order chi connectivity index (χ1) is 17.7. The summed E-state index contributed by atoms with van der Waals surface area (Å²) in [6.07, 6.45) is -2.11. The number of alkyl halides is 3. The lowest BCUT2D eigenvalue weighted by molar-refractivity contribution is -0.169. The minimum Gasteiger partial charge on any atom is -0.480 e. The molecular weight excluding hydrogens is 531 g/mol. The lowest BCUT2D eigenvalue weighted by atomic mass is 10.0. The van der Waals surface area contributed by atoms with Gasteiger partial charge in [-0.1, -0.05) is 6.42 Å². The molecule has 2 aliphatic rings. The van der Waals surface area contributed by atoms with Gasteiger partial charge in [0.15, 0.2) is 5.96 Å². The largest absolute Gasteiger partial charge is 0.480 e. The molecule has 1 unspecified atom stereocenters. The molecule has 3 amide bonds. The Bertz CT molecular complexity index is 896. The van der Waals surface area contributed by atoms with E-state index in [4.69, 9.17) is 4.74 Å². The average molecular weight is 568 g/mol. The monoisotopic (exact) mass is 567 g/mol. The second-order valence-electron chi connectivity index (χ2n) is 10.2. The van der Waals surface area contributed by atoms with Crippen LogP contribution in [0.25, 0.3) is 0 Å². The number of nitrogens with one attached hydrogen (secondary N) is 4. The maximum Gasteiger partial charge on any atom is 0.473 e. The number of amides is 3. The molecule has 0 aromatic heterocycles. The van der Waals surface area contributed by atoms with E-state index in [9.17, 15) is 37.5 Å². The fourth-order valence-electron chi connectivity index (χ4n) is 4.01. The number of hydrogen-bond donors (Lipinski definition) is 5. The van der Waals surface area contributed by atoms with Crippen LogP contribution < -0.4 is 21.3 Å². The second-order valence-corrected chi connectivity index (χ2v) is 11.5. The number of halogens is 3. The van der Waals surface area contributed by atoms with Crippen molar-refractivity contribution in [2.24, 2.45) is 4.99 Å². The third kappa shape index (κ3) is 11.0. The second kappa shape index (κ2) is 13.9. The molecular formula is C23H36F3N5O6S. The van der Waals surface area contributed by atoms with Crippen LogP contribution in [0.5, 0.6) is 0 Å². The van der Waals surface area contributed by atoms with E-state index in [1.54, 1.807) is 32.5 Å². The highest BCUT2D eigenvalue weighted by Crippen LogP contribution is 2.33. The van der Waals surface area contributed by atoms with Gasteiger partial charge < -0.3 is 31.1 Å². The number of carboxylic acid groups (broad SMARTS) is 1. The molecule has 2 rings (SSSR count). The molecule has 2 saturated heterocycles. The van der Waals surface area contributed by atoms with Gasteiger partial charge in [-0.25, -0.2) is 9.59 Å². The van der Waals surface area contributed by atoms with Crippen LogP contribution in [-0.2, 0) is 19.1 Å². The first-order valence-electron chi connectivity index (χ1n) is 12.5. The van der Waals surface area contributed by atoms with Gasteiger partial charge in [0.25, 0.3) is 0 Å². The number of carboxylic acids is 1. The van der Waals surface area contributed by atoms with Crippen molar-refractivity contribution in [2.75, 3.05) is 12.3 Å². The summed E-state index contributed by atoms with van der Waals surface area (Å²) in [5.74, 6) is -2.90. The summed E-state index contributed by atoms with van der Waals surface area (Å²) in [6.45, 7) is 5.42. The van der Waals surface area contributed by atoms with Gasteiger partial charge in [0.05, 0.1) is 12.1 Å². The van der Waals surface area contributed by atoms with Crippen molar-refractivity contribution in [3.8, 4) is 0 Å². The number of guanidine groups is 1. The average Bonchev–Trinajstić information content (AvgIpc) is 3.34. The standard InChI is InChI=1S/C23H36F3N5O6S/c1-22(2,3)37-21(36)29-13(18(33)34)8-6-7-11-27-16(32)10-5-4-9-15-17-14(12-38-15)28-20(30-17)31-19(35)23(24,25)26/h13-15,17H,4-12H2,1-3H3,(H,27,32)(H,29,36)(H,33,34)(H2,28,30,31,35)/t13?,14-,15-,17-/m0/s1. The van der Waals surface area contributed by atoms with Crippen molar-refractivity contribution in [1.82, 2.24) is 21.3 Å². The Balaban J connectivity index is 1.58.